The van der Waals surface area contributed by atoms with Crippen molar-refractivity contribution in [2.24, 2.45) is 0 Å². The van der Waals surface area contributed by atoms with Crippen LogP contribution in [0.3, 0.4) is 0 Å². The molecule has 0 aliphatic carbocycles. The predicted octanol–water partition coefficient (Wildman–Crippen LogP) is 2.98. The second kappa shape index (κ2) is 7.65. The molecule has 0 aliphatic heterocycles. The van der Waals surface area contributed by atoms with Crippen LogP contribution in [-0.4, -0.2) is 35.2 Å². The van der Waals surface area contributed by atoms with Crippen molar-refractivity contribution in [1.82, 2.24) is 9.97 Å². The van der Waals surface area contributed by atoms with Crippen LogP contribution < -0.4 is 10.6 Å². The molecule has 0 fully saturated rings. The van der Waals surface area contributed by atoms with E-state index in [1.165, 1.54) is 25.6 Å². The summed E-state index contributed by atoms with van der Waals surface area (Å²) in [5, 5.41) is 16.7. The van der Waals surface area contributed by atoms with E-state index in [0.717, 1.165) is 6.07 Å². The first-order valence-corrected chi connectivity index (χ1v) is 6.85. The van der Waals surface area contributed by atoms with Gasteiger partial charge in [-0.15, -0.1) is 0 Å². The van der Waals surface area contributed by atoms with Crippen molar-refractivity contribution in [1.29, 1.82) is 0 Å². The number of rotatable bonds is 7. The fourth-order valence-electron chi connectivity index (χ4n) is 1.75. The van der Waals surface area contributed by atoms with E-state index < -0.39 is 10.7 Å². The van der Waals surface area contributed by atoms with Crippen LogP contribution >= 0.6 is 11.6 Å². The fourth-order valence-corrected chi connectivity index (χ4v) is 1.94. The molecule has 2 rings (SSSR count). The molecule has 0 atom stereocenters. The number of anilines is 3. The molecule has 1 aromatic carbocycles. The molecule has 23 heavy (non-hydrogen) atoms. The molecule has 1 aromatic heterocycles. The molecule has 10 heteroatoms. The highest BCUT2D eigenvalue weighted by Gasteiger charge is 2.23. The van der Waals surface area contributed by atoms with Gasteiger partial charge in [-0.1, -0.05) is 11.6 Å². The first-order valence-electron chi connectivity index (χ1n) is 6.47. The number of nitrogens with zero attached hydrogens (tertiary/aromatic N) is 3. The zero-order chi connectivity index (χ0) is 16.8. The number of ether oxygens (including phenoxy) is 1. The maximum Gasteiger partial charge on any atom is 0.353 e. The summed E-state index contributed by atoms with van der Waals surface area (Å²) in [6, 6.07) is 3.85. The van der Waals surface area contributed by atoms with Crippen molar-refractivity contribution >= 4 is 34.6 Å². The first kappa shape index (κ1) is 16.8. The predicted molar refractivity (Wildman–Crippen MR) is 83.7 cm³/mol. The van der Waals surface area contributed by atoms with Gasteiger partial charge >= 0.3 is 5.69 Å². The summed E-state index contributed by atoms with van der Waals surface area (Å²) in [6.45, 7) is 0.702. The highest BCUT2D eigenvalue weighted by Crippen LogP contribution is 2.31. The number of benzene rings is 1. The molecule has 0 radical (unpaired) electrons. The topological polar surface area (TPSA) is 102 Å². The Hall–Kier alpha value is -2.52. The third-order valence-electron chi connectivity index (χ3n) is 2.79. The number of nitrogens with one attached hydrogen (secondary N) is 2. The van der Waals surface area contributed by atoms with Gasteiger partial charge in [0.1, 0.15) is 12.1 Å². The number of hydrogen-bond acceptors (Lipinski definition) is 7. The molecule has 2 aromatic rings. The standard InChI is InChI=1S/C13H13ClFN5O3/c1-23-5-4-16-12-11(20(21)22)13(18-7-17-12)19-8-2-3-10(15)9(14)6-8/h2-3,6-7H,4-5H2,1H3,(H2,16,17,18,19). The lowest BCUT2D eigenvalue weighted by molar-refractivity contribution is -0.383. The molecular weight excluding hydrogens is 329 g/mol. The maximum atomic E-state index is 13.2. The van der Waals surface area contributed by atoms with E-state index in [1.807, 2.05) is 0 Å². The molecule has 1 heterocycles. The second-order valence-electron chi connectivity index (χ2n) is 4.35. The second-order valence-corrected chi connectivity index (χ2v) is 4.76. The Kier molecular flexibility index (Phi) is 5.61. The zero-order valence-electron chi connectivity index (χ0n) is 12.0. The highest BCUT2D eigenvalue weighted by atomic mass is 35.5. The minimum Gasteiger partial charge on any atom is -0.383 e. The Morgan fingerprint density at radius 3 is 2.78 bits per heavy atom. The molecule has 0 amide bonds. The van der Waals surface area contributed by atoms with Crippen molar-refractivity contribution in [2.45, 2.75) is 0 Å². The van der Waals surface area contributed by atoms with Gasteiger partial charge in [0.05, 0.1) is 16.6 Å². The van der Waals surface area contributed by atoms with Crippen LogP contribution in [0, 0.1) is 15.9 Å². The van der Waals surface area contributed by atoms with Gasteiger partial charge in [-0.25, -0.2) is 14.4 Å². The molecule has 0 unspecified atom stereocenters. The number of methoxy groups -OCH3 is 1. The SMILES string of the molecule is COCCNc1ncnc(Nc2ccc(F)c(Cl)c2)c1[N+](=O)[O-]. The van der Waals surface area contributed by atoms with Crippen LogP contribution in [0.2, 0.25) is 5.02 Å². The summed E-state index contributed by atoms with van der Waals surface area (Å²) in [5.41, 5.74) is 0.0325. The van der Waals surface area contributed by atoms with Crippen molar-refractivity contribution < 1.29 is 14.1 Å². The van der Waals surface area contributed by atoms with E-state index in [9.17, 15) is 14.5 Å². The van der Waals surface area contributed by atoms with E-state index in [0.29, 0.717) is 18.8 Å². The Balaban J connectivity index is 2.31. The number of halogens is 2. The Morgan fingerprint density at radius 1 is 1.39 bits per heavy atom. The van der Waals surface area contributed by atoms with E-state index in [4.69, 9.17) is 16.3 Å². The van der Waals surface area contributed by atoms with Crippen molar-refractivity contribution in [3.8, 4) is 0 Å². The monoisotopic (exact) mass is 341 g/mol. The lowest BCUT2D eigenvalue weighted by Gasteiger charge is -2.10. The lowest BCUT2D eigenvalue weighted by atomic mass is 10.3. The average Bonchev–Trinajstić information content (AvgIpc) is 2.51. The van der Waals surface area contributed by atoms with Gasteiger partial charge in [0.25, 0.3) is 0 Å². The average molecular weight is 342 g/mol. The number of hydrogen-bond donors (Lipinski definition) is 2. The van der Waals surface area contributed by atoms with E-state index in [1.54, 1.807) is 0 Å². The molecule has 0 spiro atoms. The quantitative estimate of drug-likeness (QED) is 0.453. The summed E-state index contributed by atoms with van der Waals surface area (Å²) >= 11 is 5.69. The minimum absolute atomic E-state index is 0.0346. The van der Waals surface area contributed by atoms with Gasteiger partial charge < -0.3 is 15.4 Å². The van der Waals surface area contributed by atoms with Gasteiger partial charge in [0.15, 0.2) is 0 Å². The summed E-state index contributed by atoms with van der Waals surface area (Å²) in [4.78, 5) is 18.4. The molecule has 0 aliphatic rings. The Labute approximate surface area is 135 Å². The number of aromatic nitrogens is 2. The molecule has 0 saturated heterocycles. The molecular formula is C13H13ClFN5O3. The van der Waals surface area contributed by atoms with Crippen LogP contribution in [0.4, 0.5) is 27.4 Å². The zero-order valence-corrected chi connectivity index (χ0v) is 12.8. The van der Waals surface area contributed by atoms with Crippen molar-refractivity contribution in [3.63, 3.8) is 0 Å². The van der Waals surface area contributed by atoms with Crippen LogP contribution in [0.15, 0.2) is 24.5 Å². The molecule has 0 bridgehead atoms. The van der Waals surface area contributed by atoms with Crippen LogP contribution in [-0.2, 0) is 4.74 Å². The molecule has 122 valence electrons. The molecule has 2 N–H and O–H groups in total. The normalized spacial score (nSPS) is 10.4. The summed E-state index contributed by atoms with van der Waals surface area (Å²) in [7, 11) is 1.52. The van der Waals surface area contributed by atoms with Crippen LogP contribution in [0.25, 0.3) is 0 Å². The highest BCUT2D eigenvalue weighted by molar-refractivity contribution is 6.31. The van der Waals surface area contributed by atoms with Gasteiger partial charge in [-0.05, 0) is 18.2 Å². The first-order chi connectivity index (χ1) is 11.0. The fraction of sp³-hybridized carbons (Fsp3) is 0.231. The van der Waals surface area contributed by atoms with Gasteiger partial charge in [-0.3, -0.25) is 10.1 Å². The van der Waals surface area contributed by atoms with E-state index in [-0.39, 0.29) is 22.3 Å². The summed E-state index contributed by atoms with van der Waals surface area (Å²) in [6.07, 6.45) is 1.18. The lowest BCUT2D eigenvalue weighted by Crippen LogP contribution is -2.12. The van der Waals surface area contributed by atoms with Crippen molar-refractivity contribution in [2.75, 3.05) is 30.9 Å². The van der Waals surface area contributed by atoms with Gasteiger partial charge in [-0.2, -0.15) is 0 Å². The third kappa shape index (κ3) is 4.24. The van der Waals surface area contributed by atoms with E-state index >= 15 is 0 Å². The summed E-state index contributed by atoms with van der Waals surface area (Å²) < 4.78 is 18.0. The number of nitro groups is 1. The van der Waals surface area contributed by atoms with Crippen molar-refractivity contribution in [3.05, 3.63) is 45.5 Å². The van der Waals surface area contributed by atoms with Gasteiger partial charge in [0.2, 0.25) is 11.6 Å². The van der Waals surface area contributed by atoms with Crippen LogP contribution in [0.5, 0.6) is 0 Å². The van der Waals surface area contributed by atoms with Crippen LogP contribution in [0.1, 0.15) is 0 Å². The minimum atomic E-state index is -0.609. The molecule has 0 saturated carbocycles. The Morgan fingerprint density at radius 2 is 2.13 bits per heavy atom. The van der Waals surface area contributed by atoms with E-state index in [2.05, 4.69) is 20.6 Å². The molecule has 8 nitrogen and oxygen atoms in total. The largest absolute Gasteiger partial charge is 0.383 e. The third-order valence-corrected chi connectivity index (χ3v) is 3.08. The Bertz CT molecular complexity index is 716. The van der Waals surface area contributed by atoms with Gasteiger partial charge in [0, 0.05) is 19.3 Å². The smallest absolute Gasteiger partial charge is 0.353 e. The summed E-state index contributed by atoms with van der Waals surface area (Å²) in [5.74, 6) is -0.568. The maximum absolute atomic E-state index is 13.2.